The zero-order valence-electron chi connectivity index (χ0n) is 18.5. The van der Waals surface area contributed by atoms with Crippen LogP contribution in [0.5, 0.6) is 0 Å². The number of anilines is 1. The number of thiazole rings is 1. The molecule has 2 aliphatic heterocycles. The second kappa shape index (κ2) is 9.84. The van der Waals surface area contributed by atoms with Gasteiger partial charge in [0.25, 0.3) is 5.91 Å². The SMILES string of the molecule is O=C(NCCCN1CCCC1=O)c1ccc2nc(-c3ccc(N4CCOCC4)nc3)sc2c1. The van der Waals surface area contributed by atoms with Crippen LogP contribution in [0.4, 0.5) is 5.82 Å². The highest BCUT2D eigenvalue weighted by molar-refractivity contribution is 7.21. The molecule has 33 heavy (non-hydrogen) atoms. The summed E-state index contributed by atoms with van der Waals surface area (Å²) in [6.07, 6.45) is 4.21. The Kier molecular flexibility index (Phi) is 6.50. The molecule has 0 saturated carbocycles. The number of pyridine rings is 1. The second-order valence-corrected chi connectivity index (χ2v) is 9.33. The van der Waals surface area contributed by atoms with Gasteiger partial charge in [0.1, 0.15) is 10.8 Å². The van der Waals surface area contributed by atoms with Gasteiger partial charge in [0.15, 0.2) is 0 Å². The first kappa shape index (κ1) is 21.8. The van der Waals surface area contributed by atoms with Crippen LogP contribution in [0.15, 0.2) is 36.5 Å². The molecule has 2 amide bonds. The fourth-order valence-electron chi connectivity index (χ4n) is 4.20. The van der Waals surface area contributed by atoms with Crippen molar-refractivity contribution >= 4 is 39.2 Å². The van der Waals surface area contributed by atoms with E-state index in [2.05, 4.69) is 15.2 Å². The molecular formula is C24H27N5O3S. The third-order valence-electron chi connectivity index (χ3n) is 6.04. The molecule has 0 atom stereocenters. The van der Waals surface area contributed by atoms with E-state index in [0.717, 1.165) is 72.3 Å². The number of rotatable bonds is 7. The maximum Gasteiger partial charge on any atom is 0.251 e. The van der Waals surface area contributed by atoms with Gasteiger partial charge in [-0.3, -0.25) is 9.59 Å². The van der Waals surface area contributed by atoms with Gasteiger partial charge in [-0.25, -0.2) is 9.97 Å². The number of hydrogen-bond donors (Lipinski definition) is 1. The molecule has 9 heteroatoms. The fourth-order valence-corrected chi connectivity index (χ4v) is 5.19. The number of ether oxygens (including phenoxy) is 1. The van der Waals surface area contributed by atoms with Gasteiger partial charge in [-0.2, -0.15) is 0 Å². The van der Waals surface area contributed by atoms with Gasteiger partial charge < -0.3 is 19.9 Å². The van der Waals surface area contributed by atoms with Crippen LogP contribution < -0.4 is 10.2 Å². The summed E-state index contributed by atoms with van der Waals surface area (Å²) in [5.41, 5.74) is 2.46. The van der Waals surface area contributed by atoms with Crippen LogP contribution in [0.3, 0.4) is 0 Å². The van der Waals surface area contributed by atoms with Crippen molar-refractivity contribution < 1.29 is 14.3 Å². The Morgan fingerprint density at radius 1 is 1.15 bits per heavy atom. The average Bonchev–Trinajstić information content (AvgIpc) is 3.47. The van der Waals surface area contributed by atoms with Gasteiger partial charge in [0.2, 0.25) is 5.91 Å². The number of hydrogen-bond acceptors (Lipinski definition) is 7. The Balaban J connectivity index is 1.21. The molecule has 4 heterocycles. The zero-order valence-corrected chi connectivity index (χ0v) is 19.3. The molecule has 0 unspecified atom stereocenters. The molecule has 1 aromatic carbocycles. The van der Waals surface area contributed by atoms with E-state index < -0.39 is 0 Å². The molecular weight excluding hydrogens is 438 g/mol. The Labute approximate surface area is 196 Å². The second-order valence-electron chi connectivity index (χ2n) is 8.30. The highest BCUT2D eigenvalue weighted by atomic mass is 32.1. The quantitative estimate of drug-likeness (QED) is 0.540. The summed E-state index contributed by atoms with van der Waals surface area (Å²) < 4.78 is 6.38. The molecule has 0 spiro atoms. The van der Waals surface area contributed by atoms with Gasteiger partial charge in [0, 0.05) is 56.5 Å². The maximum atomic E-state index is 12.6. The Hall–Kier alpha value is -3.04. The number of morpholine rings is 1. The minimum atomic E-state index is -0.101. The van der Waals surface area contributed by atoms with Crippen LogP contribution in [0.2, 0.25) is 0 Å². The molecule has 2 fully saturated rings. The van der Waals surface area contributed by atoms with Crippen molar-refractivity contribution in [3.63, 3.8) is 0 Å². The highest BCUT2D eigenvalue weighted by Crippen LogP contribution is 2.31. The van der Waals surface area contributed by atoms with Gasteiger partial charge in [-0.05, 0) is 43.2 Å². The minimum Gasteiger partial charge on any atom is -0.378 e. The number of likely N-dealkylation sites (tertiary alicyclic amines) is 1. The molecule has 2 aromatic heterocycles. The van der Waals surface area contributed by atoms with Crippen molar-refractivity contribution in [2.75, 3.05) is 50.8 Å². The Morgan fingerprint density at radius 2 is 2.03 bits per heavy atom. The number of carbonyl (C=O) groups is 2. The third kappa shape index (κ3) is 4.99. The van der Waals surface area contributed by atoms with E-state index in [1.165, 1.54) is 0 Å². The minimum absolute atomic E-state index is 0.101. The van der Waals surface area contributed by atoms with Crippen molar-refractivity contribution in [3.05, 3.63) is 42.1 Å². The van der Waals surface area contributed by atoms with Gasteiger partial charge in [-0.15, -0.1) is 11.3 Å². The number of carbonyl (C=O) groups excluding carboxylic acids is 2. The fraction of sp³-hybridized carbons (Fsp3) is 0.417. The van der Waals surface area contributed by atoms with Crippen LogP contribution in [0.1, 0.15) is 29.6 Å². The van der Waals surface area contributed by atoms with Crippen LogP contribution in [-0.2, 0) is 9.53 Å². The number of amides is 2. The largest absolute Gasteiger partial charge is 0.378 e. The smallest absolute Gasteiger partial charge is 0.251 e. The summed E-state index contributed by atoms with van der Waals surface area (Å²) in [4.78, 5) is 37.7. The first-order chi connectivity index (χ1) is 16.2. The topological polar surface area (TPSA) is 87.7 Å². The van der Waals surface area contributed by atoms with E-state index in [-0.39, 0.29) is 11.8 Å². The van der Waals surface area contributed by atoms with Crippen molar-refractivity contribution in [2.24, 2.45) is 0 Å². The summed E-state index contributed by atoms with van der Waals surface area (Å²) >= 11 is 1.56. The van der Waals surface area contributed by atoms with E-state index in [1.54, 1.807) is 11.3 Å². The predicted molar refractivity (Wildman–Crippen MR) is 129 cm³/mol. The number of nitrogens with zero attached hydrogens (tertiary/aromatic N) is 4. The van der Waals surface area contributed by atoms with Gasteiger partial charge in [0.05, 0.1) is 23.4 Å². The van der Waals surface area contributed by atoms with Crippen molar-refractivity contribution in [1.82, 2.24) is 20.2 Å². The molecule has 2 saturated heterocycles. The summed E-state index contributed by atoms with van der Waals surface area (Å²) in [6, 6.07) is 9.68. The Bertz CT molecular complexity index is 1140. The molecule has 172 valence electrons. The predicted octanol–water partition coefficient (Wildman–Crippen LogP) is 2.94. The van der Waals surface area contributed by atoms with Crippen molar-refractivity contribution in [2.45, 2.75) is 19.3 Å². The van der Waals surface area contributed by atoms with Crippen LogP contribution in [-0.4, -0.2) is 72.6 Å². The first-order valence-electron chi connectivity index (χ1n) is 11.4. The zero-order chi connectivity index (χ0) is 22.6. The monoisotopic (exact) mass is 465 g/mol. The molecule has 3 aromatic rings. The summed E-state index contributed by atoms with van der Waals surface area (Å²) in [7, 11) is 0. The molecule has 0 bridgehead atoms. The lowest BCUT2D eigenvalue weighted by Gasteiger charge is -2.27. The van der Waals surface area contributed by atoms with E-state index in [1.807, 2.05) is 41.4 Å². The number of aromatic nitrogens is 2. The first-order valence-corrected chi connectivity index (χ1v) is 12.2. The molecule has 8 nitrogen and oxygen atoms in total. The van der Waals surface area contributed by atoms with Crippen LogP contribution in [0.25, 0.3) is 20.8 Å². The lowest BCUT2D eigenvalue weighted by Crippen LogP contribution is -2.36. The molecule has 5 rings (SSSR count). The normalized spacial score (nSPS) is 16.5. The number of benzene rings is 1. The maximum absolute atomic E-state index is 12.6. The van der Waals surface area contributed by atoms with Crippen LogP contribution >= 0.6 is 11.3 Å². The standard InChI is InChI=1S/C24H27N5O3S/c30-22-3-1-9-29(22)10-2-8-25-23(31)17-4-6-19-20(15-17)33-24(27-19)18-5-7-21(26-16-18)28-11-13-32-14-12-28/h4-7,15-16H,1-3,8-14H2,(H,25,31). The molecule has 0 radical (unpaired) electrons. The highest BCUT2D eigenvalue weighted by Gasteiger charge is 2.19. The summed E-state index contributed by atoms with van der Waals surface area (Å²) in [5, 5.41) is 3.85. The van der Waals surface area contributed by atoms with E-state index in [9.17, 15) is 9.59 Å². The van der Waals surface area contributed by atoms with Gasteiger partial charge in [-0.1, -0.05) is 0 Å². The number of nitrogens with one attached hydrogen (secondary N) is 1. The van der Waals surface area contributed by atoms with Crippen molar-refractivity contribution in [3.8, 4) is 10.6 Å². The average molecular weight is 466 g/mol. The lowest BCUT2D eigenvalue weighted by molar-refractivity contribution is -0.127. The van der Waals surface area contributed by atoms with E-state index in [4.69, 9.17) is 9.72 Å². The molecule has 1 N–H and O–H groups in total. The van der Waals surface area contributed by atoms with Crippen LogP contribution in [0, 0.1) is 0 Å². The summed E-state index contributed by atoms with van der Waals surface area (Å²) in [5.74, 6) is 1.08. The molecule has 2 aliphatic rings. The molecule has 0 aliphatic carbocycles. The Morgan fingerprint density at radius 3 is 2.79 bits per heavy atom. The van der Waals surface area contributed by atoms with Crippen molar-refractivity contribution in [1.29, 1.82) is 0 Å². The van der Waals surface area contributed by atoms with E-state index in [0.29, 0.717) is 25.1 Å². The lowest BCUT2D eigenvalue weighted by atomic mass is 10.2. The van der Waals surface area contributed by atoms with Gasteiger partial charge >= 0.3 is 0 Å². The van der Waals surface area contributed by atoms with E-state index >= 15 is 0 Å². The summed E-state index contributed by atoms with van der Waals surface area (Å²) in [6.45, 7) is 5.27. The third-order valence-corrected chi connectivity index (χ3v) is 7.11. The number of fused-ring (bicyclic) bond motifs is 1.